The summed E-state index contributed by atoms with van der Waals surface area (Å²) in [5.74, 6) is 2.05. The lowest BCUT2D eigenvalue weighted by Crippen LogP contribution is -2.34. The number of likely N-dealkylation sites (tertiary alicyclic amines) is 1. The van der Waals surface area contributed by atoms with E-state index in [4.69, 9.17) is 0 Å². The van der Waals surface area contributed by atoms with Gasteiger partial charge < -0.3 is 4.90 Å². The molecule has 0 bridgehead atoms. The zero-order valence-electron chi connectivity index (χ0n) is 10.4. The van der Waals surface area contributed by atoms with E-state index in [2.05, 4.69) is 11.8 Å². The van der Waals surface area contributed by atoms with Gasteiger partial charge in [-0.25, -0.2) is 0 Å². The minimum atomic E-state index is 0.982. The summed E-state index contributed by atoms with van der Waals surface area (Å²) in [5, 5.41) is 0. The van der Waals surface area contributed by atoms with Gasteiger partial charge in [0.1, 0.15) is 0 Å². The van der Waals surface area contributed by atoms with E-state index in [9.17, 15) is 0 Å². The largest absolute Gasteiger partial charge is 0.303 e. The van der Waals surface area contributed by atoms with Crippen LogP contribution in [0.3, 0.4) is 0 Å². The predicted octanol–water partition coefficient (Wildman–Crippen LogP) is 3.69. The van der Waals surface area contributed by atoms with Crippen LogP contribution in [0.5, 0.6) is 0 Å². The van der Waals surface area contributed by atoms with E-state index in [1.807, 2.05) is 0 Å². The van der Waals surface area contributed by atoms with Crippen LogP contribution in [0, 0.1) is 11.8 Å². The molecule has 1 aliphatic heterocycles. The van der Waals surface area contributed by atoms with Gasteiger partial charge >= 0.3 is 0 Å². The van der Waals surface area contributed by atoms with E-state index in [-0.39, 0.29) is 0 Å². The molecule has 2 fully saturated rings. The third-order valence-corrected chi connectivity index (χ3v) is 4.45. The monoisotopic (exact) mass is 209 g/mol. The summed E-state index contributed by atoms with van der Waals surface area (Å²) in [6, 6.07) is 0. The Labute approximate surface area is 95.2 Å². The maximum atomic E-state index is 2.70. The molecule has 1 heterocycles. The highest BCUT2D eigenvalue weighted by atomic mass is 15.1. The first-order valence-corrected chi connectivity index (χ1v) is 7.07. The highest BCUT2D eigenvalue weighted by Crippen LogP contribution is 2.27. The average molecular weight is 209 g/mol. The zero-order valence-corrected chi connectivity index (χ0v) is 10.4. The van der Waals surface area contributed by atoms with Crippen molar-refractivity contribution in [2.24, 2.45) is 11.8 Å². The Morgan fingerprint density at radius 1 is 0.933 bits per heavy atom. The van der Waals surface area contributed by atoms with Gasteiger partial charge in [0.05, 0.1) is 0 Å². The Bertz CT molecular complexity index is 164. The van der Waals surface area contributed by atoms with Crippen LogP contribution < -0.4 is 0 Å². The molecule has 1 heteroatoms. The van der Waals surface area contributed by atoms with Crippen LogP contribution in [0.1, 0.15) is 58.3 Å². The van der Waals surface area contributed by atoms with Crippen LogP contribution in [-0.4, -0.2) is 24.5 Å². The fraction of sp³-hybridized carbons (Fsp3) is 1.00. The molecule has 1 aliphatic carbocycles. The Kier molecular flexibility index (Phi) is 4.49. The van der Waals surface area contributed by atoms with Crippen molar-refractivity contribution in [2.75, 3.05) is 19.6 Å². The second-order valence-corrected chi connectivity index (χ2v) is 5.82. The van der Waals surface area contributed by atoms with Gasteiger partial charge in [0.15, 0.2) is 0 Å². The van der Waals surface area contributed by atoms with Crippen molar-refractivity contribution in [1.29, 1.82) is 0 Å². The summed E-state index contributed by atoms with van der Waals surface area (Å²) in [6.07, 6.45) is 11.9. The second kappa shape index (κ2) is 5.89. The first-order valence-electron chi connectivity index (χ1n) is 7.07. The maximum absolute atomic E-state index is 2.70. The summed E-state index contributed by atoms with van der Waals surface area (Å²) in [4.78, 5) is 2.70. The van der Waals surface area contributed by atoms with Crippen LogP contribution >= 0.6 is 0 Å². The lowest BCUT2D eigenvalue weighted by molar-refractivity contribution is 0.173. The van der Waals surface area contributed by atoms with Crippen molar-refractivity contribution in [2.45, 2.75) is 58.3 Å². The smallest absolute Gasteiger partial charge is 0.00161 e. The number of hydrogen-bond donors (Lipinski definition) is 0. The zero-order chi connectivity index (χ0) is 10.5. The van der Waals surface area contributed by atoms with Crippen molar-refractivity contribution < 1.29 is 0 Å². The van der Waals surface area contributed by atoms with Gasteiger partial charge in [-0.3, -0.25) is 0 Å². The van der Waals surface area contributed by atoms with E-state index in [0.717, 1.165) is 11.8 Å². The molecule has 2 rings (SSSR count). The predicted molar refractivity (Wildman–Crippen MR) is 66.0 cm³/mol. The molecule has 88 valence electrons. The van der Waals surface area contributed by atoms with Crippen molar-refractivity contribution in [3.05, 3.63) is 0 Å². The molecule has 0 aromatic carbocycles. The fourth-order valence-corrected chi connectivity index (χ4v) is 3.13. The van der Waals surface area contributed by atoms with E-state index in [1.54, 1.807) is 0 Å². The van der Waals surface area contributed by atoms with Crippen LogP contribution in [0.4, 0.5) is 0 Å². The highest BCUT2D eigenvalue weighted by Gasteiger charge is 2.18. The van der Waals surface area contributed by atoms with Gasteiger partial charge in [0.2, 0.25) is 0 Å². The molecule has 0 aromatic heterocycles. The van der Waals surface area contributed by atoms with Crippen molar-refractivity contribution in [1.82, 2.24) is 4.90 Å². The standard InChI is InChI=1S/C14H27N/c1-13-7-10-15(11-8-13)12-9-14-5-3-2-4-6-14/h13-14H,2-12H2,1H3. The third-order valence-electron chi connectivity index (χ3n) is 4.45. The molecule has 0 radical (unpaired) electrons. The Balaban J connectivity index is 1.60. The van der Waals surface area contributed by atoms with Crippen LogP contribution in [0.25, 0.3) is 0 Å². The van der Waals surface area contributed by atoms with E-state index >= 15 is 0 Å². The first kappa shape index (κ1) is 11.4. The van der Waals surface area contributed by atoms with Crippen LogP contribution in [-0.2, 0) is 0 Å². The molecule has 2 aliphatic rings. The minimum Gasteiger partial charge on any atom is -0.303 e. The third kappa shape index (κ3) is 3.79. The van der Waals surface area contributed by atoms with Gasteiger partial charge in [-0.2, -0.15) is 0 Å². The van der Waals surface area contributed by atoms with Gasteiger partial charge in [-0.15, -0.1) is 0 Å². The summed E-state index contributed by atoms with van der Waals surface area (Å²) in [6.45, 7) is 6.53. The van der Waals surface area contributed by atoms with E-state index in [0.29, 0.717) is 0 Å². The van der Waals surface area contributed by atoms with Crippen LogP contribution in [0.15, 0.2) is 0 Å². The quantitative estimate of drug-likeness (QED) is 0.685. The van der Waals surface area contributed by atoms with Gasteiger partial charge in [-0.1, -0.05) is 39.0 Å². The lowest BCUT2D eigenvalue weighted by atomic mass is 9.86. The molecule has 15 heavy (non-hydrogen) atoms. The van der Waals surface area contributed by atoms with E-state index in [1.165, 1.54) is 71.0 Å². The number of nitrogens with zero attached hydrogens (tertiary/aromatic N) is 1. The minimum absolute atomic E-state index is 0.982. The lowest BCUT2D eigenvalue weighted by Gasteiger charge is -2.32. The topological polar surface area (TPSA) is 3.24 Å². The second-order valence-electron chi connectivity index (χ2n) is 5.82. The van der Waals surface area contributed by atoms with Gasteiger partial charge in [0, 0.05) is 0 Å². The SMILES string of the molecule is CC1CCN(CCC2CCCCC2)CC1. The Morgan fingerprint density at radius 2 is 1.60 bits per heavy atom. The molecule has 0 atom stereocenters. The normalized spacial score (nSPS) is 27.0. The Hall–Kier alpha value is -0.0400. The molecule has 0 spiro atoms. The van der Waals surface area contributed by atoms with Crippen LogP contribution in [0.2, 0.25) is 0 Å². The molecular weight excluding hydrogens is 182 g/mol. The fourth-order valence-electron chi connectivity index (χ4n) is 3.13. The summed E-state index contributed by atoms with van der Waals surface area (Å²) in [5.41, 5.74) is 0. The number of piperidine rings is 1. The Morgan fingerprint density at radius 3 is 2.27 bits per heavy atom. The molecule has 0 aromatic rings. The average Bonchev–Trinajstić information content (AvgIpc) is 2.30. The van der Waals surface area contributed by atoms with E-state index < -0.39 is 0 Å². The van der Waals surface area contributed by atoms with Crippen molar-refractivity contribution in [3.8, 4) is 0 Å². The summed E-state index contributed by atoms with van der Waals surface area (Å²) >= 11 is 0. The maximum Gasteiger partial charge on any atom is -0.00161 e. The molecule has 0 amide bonds. The number of hydrogen-bond acceptors (Lipinski definition) is 1. The molecular formula is C14H27N. The molecule has 1 nitrogen and oxygen atoms in total. The van der Waals surface area contributed by atoms with Gasteiger partial charge in [-0.05, 0) is 50.7 Å². The molecule has 0 N–H and O–H groups in total. The molecule has 0 unspecified atom stereocenters. The van der Waals surface area contributed by atoms with Gasteiger partial charge in [0.25, 0.3) is 0 Å². The molecule has 1 saturated carbocycles. The first-order chi connectivity index (χ1) is 7.34. The summed E-state index contributed by atoms with van der Waals surface area (Å²) in [7, 11) is 0. The molecule has 1 saturated heterocycles. The summed E-state index contributed by atoms with van der Waals surface area (Å²) < 4.78 is 0. The van der Waals surface area contributed by atoms with Crippen molar-refractivity contribution >= 4 is 0 Å². The number of rotatable bonds is 3. The highest BCUT2D eigenvalue weighted by molar-refractivity contribution is 4.72. The van der Waals surface area contributed by atoms with Crippen molar-refractivity contribution in [3.63, 3.8) is 0 Å².